The Kier molecular flexibility index (Phi) is 5.76. The van der Waals surface area contributed by atoms with Crippen molar-refractivity contribution in [3.05, 3.63) is 24.2 Å². The third kappa shape index (κ3) is 5.05. The molecule has 0 bridgehead atoms. The number of aliphatic hydroxyl groups excluding tert-OH is 1. The zero-order valence-corrected chi connectivity index (χ0v) is 12.2. The summed E-state index contributed by atoms with van der Waals surface area (Å²) in [4.78, 5) is 24.9. The Bertz CT molecular complexity index is 440. The summed E-state index contributed by atoms with van der Waals surface area (Å²) in [7, 11) is 1.54. The molecule has 2 N–H and O–H groups in total. The first-order valence-electron chi connectivity index (χ1n) is 6.52. The second-order valence-corrected chi connectivity index (χ2v) is 5.55. The molecule has 0 saturated heterocycles. The van der Waals surface area contributed by atoms with Gasteiger partial charge in [-0.1, -0.05) is 13.8 Å². The zero-order chi connectivity index (χ0) is 15.2. The van der Waals surface area contributed by atoms with Crippen LogP contribution in [0.1, 0.15) is 30.8 Å². The van der Waals surface area contributed by atoms with Crippen LogP contribution in [-0.2, 0) is 4.79 Å². The Balaban J connectivity index is 2.40. The number of amides is 2. The van der Waals surface area contributed by atoms with Gasteiger partial charge in [0.2, 0.25) is 5.91 Å². The maximum absolute atomic E-state index is 11.9. The van der Waals surface area contributed by atoms with Gasteiger partial charge in [-0.15, -0.1) is 0 Å². The molecule has 0 fully saturated rings. The van der Waals surface area contributed by atoms with Crippen molar-refractivity contribution in [3.63, 3.8) is 0 Å². The quantitative estimate of drug-likeness (QED) is 0.777. The molecule has 1 aromatic rings. The maximum atomic E-state index is 11.9. The lowest BCUT2D eigenvalue weighted by molar-refractivity contribution is -0.122. The predicted molar refractivity (Wildman–Crippen MR) is 74.2 cm³/mol. The summed E-state index contributed by atoms with van der Waals surface area (Å²) >= 11 is 0. The Labute approximate surface area is 118 Å². The molecule has 0 aliphatic heterocycles. The summed E-state index contributed by atoms with van der Waals surface area (Å²) in [6.07, 6.45) is 2.02. The normalized spacial score (nSPS) is 11.2. The number of likely N-dealkylation sites (N-methyl/N-ethyl adjacent to an activating group) is 1. The molecule has 1 heterocycles. The summed E-state index contributed by atoms with van der Waals surface area (Å²) in [5.74, 6) is -0.362. The minimum atomic E-state index is -0.334. The van der Waals surface area contributed by atoms with Crippen LogP contribution in [0, 0.1) is 5.41 Å². The molecule has 6 heteroatoms. The minimum absolute atomic E-state index is 0.0330. The summed E-state index contributed by atoms with van der Waals surface area (Å²) in [6.45, 7) is 4.42. The largest absolute Gasteiger partial charge is 0.459 e. The summed E-state index contributed by atoms with van der Waals surface area (Å²) < 4.78 is 4.99. The van der Waals surface area contributed by atoms with E-state index in [2.05, 4.69) is 5.32 Å². The van der Waals surface area contributed by atoms with Crippen LogP contribution >= 0.6 is 0 Å². The number of rotatable bonds is 7. The molecule has 112 valence electrons. The molecule has 0 aliphatic rings. The number of furan rings is 1. The predicted octanol–water partition coefficient (Wildman–Crippen LogP) is 0.876. The van der Waals surface area contributed by atoms with Gasteiger partial charge in [0.25, 0.3) is 5.91 Å². The number of carbonyl (C=O) groups is 2. The summed E-state index contributed by atoms with van der Waals surface area (Å²) in [5.41, 5.74) is -0.173. The molecule has 0 saturated carbocycles. The van der Waals surface area contributed by atoms with Crippen molar-refractivity contribution in [1.29, 1.82) is 0 Å². The summed E-state index contributed by atoms with van der Waals surface area (Å²) in [6, 6.07) is 3.18. The van der Waals surface area contributed by atoms with Gasteiger partial charge in [-0.05, 0) is 24.0 Å². The Morgan fingerprint density at radius 3 is 2.70 bits per heavy atom. The topological polar surface area (TPSA) is 82.8 Å². The summed E-state index contributed by atoms with van der Waals surface area (Å²) in [5, 5.41) is 11.7. The molecule has 0 unspecified atom stereocenters. The van der Waals surface area contributed by atoms with Gasteiger partial charge in [-0.3, -0.25) is 9.59 Å². The van der Waals surface area contributed by atoms with Crippen LogP contribution in [0.15, 0.2) is 22.8 Å². The molecule has 0 radical (unpaired) electrons. The van der Waals surface area contributed by atoms with Crippen LogP contribution < -0.4 is 5.32 Å². The molecule has 1 rings (SSSR count). The average molecular weight is 282 g/mol. The number of aliphatic hydroxyl groups is 1. The molecule has 0 aromatic carbocycles. The molecule has 6 nitrogen and oxygen atoms in total. The van der Waals surface area contributed by atoms with Crippen LogP contribution in [-0.4, -0.2) is 48.6 Å². The Hall–Kier alpha value is -1.82. The van der Waals surface area contributed by atoms with Gasteiger partial charge in [0.15, 0.2) is 5.76 Å². The van der Waals surface area contributed by atoms with Crippen molar-refractivity contribution in [2.75, 3.05) is 26.7 Å². The van der Waals surface area contributed by atoms with Gasteiger partial charge in [-0.2, -0.15) is 0 Å². The molecule has 2 amide bonds. The first kappa shape index (κ1) is 16.2. The number of hydrogen-bond acceptors (Lipinski definition) is 4. The Morgan fingerprint density at radius 1 is 1.45 bits per heavy atom. The first-order valence-corrected chi connectivity index (χ1v) is 6.52. The van der Waals surface area contributed by atoms with E-state index in [4.69, 9.17) is 9.52 Å². The highest BCUT2D eigenvalue weighted by atomic mass is 16.3. The highest BCUT2D eigenvalue weighted by Gasteiger charge is 2.20. The second kappa shape index (κ2) is 7.09. The lowest BCUT2D eigenvalue weighted by Crippen LogP contribution is -2.41. The number of carbonyl (C=O) groups excluding carboxylic acids is 2. The Morgan fingerprint density at radius 2 is 2.15 bits per heavy atom. The third-order valence-corrected chi connectivity index (χ3v) is 3.01. The van der Waals surface area contributed by atoms with E-state index in [0.717, 1.165) is 0 Å². The average Bonchev–Trinajstić information content (AvgIpc) is 2.89. The zero-order valence-electron chi connectivity index (χ0n) is 12.2. The smallest absolute Gasteiger partial charge is 0.289 e. The number of nitrogens with one attached hydrogen (secondary N) is 1. The second-order valence-electron chi connectivity index (χ2n) is 5.55. The maximum Gasteiger partial charge on any atom is 0.289 e. The van der Waals surface area contributed by atoms with Crippen molar-refractivity contribution < 1.29 is 19.1 Å². The SMILES string of the molecule is CN(CC(=O)NCC(C)(C)CCO)C(=O)c1ccco1. The lowest BCUT2D eigenvalue weighted by atomic mass is 9.90. The van der Waals surface area contributed by atoms with Gasteiger partial charge in [0.1, 0.15) is 0 Å². The van der Waals surface area contributed by atoms with E-state index >= 15 is 0 Å². The highest BCUT2D eigenvalue weighted by molar-refractivity contribution is 5.94. The minimum Gasteiger partial charge on any atom is -0.459 e. The van der Waals surface area contributed by atoms with E-state index in [9.17, 15) is 9.59 Å². The van der Waals surface area contributed by atoms with Gasteiger partial charge in [0.05, 0.1) is 12.8 Å². The molecule has 0 atom stereocenters. The van der Waals surface area contributed by atoms with E-state index in [1.54, 1.807) is 19.2 Å². The molecule has 20 heavy (non-hydrogen) atoms. The molecule has 0 spiro atoms. The van der Waals surface area contributed by atoms with Gasteiger partial charge in [-0.25, -0.2) is 0 Å². The van der Waals surface area contributed by atoms with Crippen molar-refractivity contribution >= 4 is 11.8 Å². The fourth-order valence-corrected chi connectivity index (χ4v) is 1.66. The van der Waals surface area contributed by atoms with Gasteiger partial charge >= 0.3 is 0 Å². The number of nitrogens with zero attached hydrogens (tertiary/aromatic N) is 1. The van der Waals surface area contributed by atoms with E-state index in [0.29, 0.717) is 13.0 Å². The lowest BCUT2D eigenvalue weighted by Gasteiger charge is -2.24. The van der Waals surface area contributed by atoms with Crippen LogP contribution in [0.5, 0.6) is 0 Å². The van der Waals surface area contributed by atoms with E-state index in [1.165, 1.54) is 11.2 Å². The van der Waals surface area contributed by atoms with E-state index < -0.39 is 0 Å². The van der Waals surface area contributed by atoms with E-state index in [-0.39, 0.29) is 36.1 Å². The number of hydrogen-bond donors (Lipinski definition) is 2. The fraction of sp³-hybridized carbons (Fsp3) is 0.571. The van der Waals surface area contributed by atoms with Crippen LogP contribution in [0.3, 0.4) is 0 Å². The molecule has 1 aromatic heterocycles. The third-order valence-electron chi connectivity index (χ3n) is 3.01. The standard InChI is InChI=1S/C14H22N2O4/c1-14(2,6-7-17)10-15-12(18)9-16(3)13(19)11-5-4-8-20-11/h4-5,8,17H,6-7,9-10H2,1-3H3,(H,15,18). The molecular formula is C14H22N2O4. The van der Waals surface area contributed by atoms with Gasteiger partial charge < -0.3 is 19.7 Å². The first-order chi connectivity index (χ1) is 9.35. The van der Waals surface area contributed by atoms with Gasteiger partial charge in [0, 0.05) is 20.2 Å². The van der Waals surface area contributed by atoms with Crippen LogP contribution in [0.4, 0.5) is 0 Å². The van der Waals surface area contributed by atoms with Crippen LogP contribution in [0.2, 0.25) is 0 Å². The van der Waals surface area contributed by atoms with E-state index in [1.807, 2.05) is 13.8 Å². The van der Waals surface area contributed by atoms with Crippen molar-refractivity contribution in [3.8, 4) is 0 Å². The molecular weight excluding hydrogens is 260 g/mol. The molecule has 0 aliphatic carbocycles. The van der Waals surface area contributed by atoms with Crippen LogP contribution in [0.25, 0.3) is 0 Å². The monoisotopic (exact) mass is 282 g/mol. The van der Waals surface area contributed by atoms with Crippen molar-refractivity contribution in [2.45, 2.75) is 20.3 Å². The highest BCUT2D eigenvalue weighted by Crippen LogP contribution is 2.17. The fourth-order valence-electron chi connectivity index (χ4n) is 1.66. The van der Waals surface area contributed by atoms with Crippen molar-refractivity contribution in [1.82, 2.24) is 10.2 Å². The van der Waals surface area contributed by atoms with Crippen molar-refractivity contribution in [2.24, 2.45) is 5.41 Å².